The Labute approximate surface area is 205 Å². The fourth-order valence-electron chi connectivity index (χ4n) is 5.07. The molecule has 1 aliphatic heterocycles. The van der Waals surface area contributed by atoms with Gasteiger partial charge in [-0.15, -0.1) is 0 Å². The smallest absolute Gasteiger partial charge is 0.408 e. The molecule has 35 heavy (non-hydrogen) atoms. The molecule has 3 atom stereocenters. The average molecular weight is 486 g/mol. The van der Waals surface area contributed by atoms with Gasteiger partial charge in [0.15, 0.2) is 0 Å². The van der Waals surface area contributed by atoms with E-state index in [2.05, 4.69) is 10.6 Å². The molecule has 2 amide bonds. The molecule has 0 aromatic heterocycles. The lowest BCUT2D eigenvalue weighted by atomic mass is 9.90. The lowest BCUT2D eigenvalue weighted by Crippen LogP contribution is -2.51. The Morgan fingerprint density at radius 2 is 1.83 bits per heavy atom. The van der Waals surface area contributed by atoms with Gasteiger partial charge in [0, 0.05) is 6.54 Å². The molecule has 1 unspecified atom stereocenters. The van der Waals surface area contributed by atoms with Crippen molar-refractivity contribution in [3.63, 3.8) is 0 Å². The lowest BCUT2D eigenvalue weighted by Gasteiger charge is -2.37. The maximum absolute atomic E-state index is 13.7. The number of hydrogen-bond donors (Lipinski definition) is 2. The summed E-state index contributed by atoms with van der Waals surface area (Å²) >= 11 is 0. The van der Waals surface area contributed by atoms with Gasteiger partial charge in [0.2, 0.25) is 5.91 Å². The summed E-state index contributed by atoms with van der Waals surface area (Å²) in [5.74, 6) is -0.342. The largest absolute Gasteiger partial charge is 0.444 e. The van der Waals surface area contributed by atoms with E-state index >= 15 is 0 Å². The zero-order valence-electron chi connectivity index (χ0n) is 20.6. The molecule has 2 aromatic rings. The van der Waals surface area contributed by atoms with Crippen LogP contribution >= 0.6 is 0 Å². The summed E-state index contributed by atoms with van der Waals surface area (Å²) in [6.07, 6.45) is -1.99. The van der Waals surface area contributed by atoms with Gasteiger partial charge < -0.3 is 15.4 Å². The predicted octanol–water partition coefficient (Wildman–Crippen LogP) is 4.47. The van der Waals surface area contributed by atoms with Gasteiger partial charge in [-0.25, -0.2) is 13.6 Å². The Kier molecular flexibility index (Phi) is 7.12. The van der Waals surface area contributed by atoms with E-state index in [0.717, 1.165) is 27.8 Å². The van der Waals surface area contributed by atoms with Crippen molar-refractivity contribution in [2.24, 2.45) is 0 Å². The number of alkyl carbamates (subject to hydrolysis) is 1. The number of carbonyl (C=O) groups is 2. The van der Waals surface area contributed by atoms with Crippen molar-refractivity contribution >= 4 is 12.0 Å². The number of nitrogens with zero attached hydrogens (tertiary/aromatic N) is 1. The molecule has 8 heteroatoms. The second-order valence-corrected chi connectivity index (χ2v) is 10.4. The fraction of sp³-hybridized carbons (Fsp3) is 0.481. The van der Waals surface area contributed by atoms with E-state index in [4.69, 9.17) is 4.74 Å². The van der Waals surface area contributed by atoms with Crippen molar-refractivity contribution in [1.29, 1.82) is 0 Å². The van der Waals surface area contributed by atoms with E-state index in [9.17, 15) is 18.4 Å². The average Bonchev–Trinajstić information content (AvgIpc) is 3.08. The van der Waals surface area contributed by atoms with Gasteiger partial charge in [-0.05, 0) is 62.8 Å². The number of hydrogen-bond acceptors (Lipinski definition) is 4. The second kappa shape index (κ2) is 9.93. The number of amides is 2. The third kappa shape index (κ3) is 5.81. The van der Waals surface area contributed by atoms with Crippen LogP contribution in [0.2, 0.25) is 0 Å². The van der Waals surface area contributed by atoms with Crippen LogP contribution in [0.5, 0.6) is 0 Å². The first kappa shape index (κ1) is 25.1. The van der Waals surface area contributed by atoms with E-state index in [1.807, 2.05) is 49.4 Å². The minimum Gasteiger partial charge on any atom is -0.444 e. The summed E-state index contributed by atoms with van der Waals surface area (Å²) in [7, 11) is 0. The summed E-state index contributed by atoms with van der Waals surface area (Å²) in [5, 5.41) is 5.99. The van der Waals surface area contributed by atoms with Crippen molar-refractivity contribution in [2.75, 3.05) is 13.1 Å². The van der Waals surface area contributed by atoms with Crippen molar-refractivity contribution in [1.82, 2.24) is 15.5 Å². The molecular formula is C27H33F2N3O3. The molecule has 0 spiro atoms. The highest BCUT2D eigenvalue weighted by Crippen LogP contribution is 2.35. The van der Waals surface area contributed by atoms with Gasteiger partial charge in [0.1, 0.15) is 11.6 Å². The number of nitrogens with one attached hydrogen (secondary N) is 2. The van der Waals surface area contributed by atoms with E-state index in [1.165, 1.54) is 0 Å². The summed E-state index contributed by atoms with van der Waals surface area (Å²) in [4.78, 5) is 27.8. The van der Waals surface area contributed by atoms with Crippen LogP contribution in [-0.2, 0) is 22.4 Å². The summed E-state index contributed by atoms with van der Waals surface area (Å²) in [6, 6.07) is 11.8. The van der Waals surface area contributed by atoms with Crippen molar-refractivity contribution in [2.45, 2.75) is 70.7 Å². The third-order valence-electron chi connectivity index (χ3n) is 6.48. The molecule has 2 N–H and O–H groups in total. The minimum absolute atomic E-state index is 0.342. The van der Waals surface area contributed by atoms with Crippen LogP contribution in [0.1, 0.15) is 60.7 Å². The molecule has 4 rings (SSSR count). The lowest BCUT2D eigenvalue weighted by molar-refractivity contribution is -0.128. The van der Waals surface area contributed by atoms with Crippen LogP contribution in [0, 0.1) is 6.92 Å². The van der Waals surface area contributed by atoms with Crippen molar-refractivity contribution < 1.29 is 23.1 Å². The van der Waals surface area contributed by atoms with Crippen LogP contribution in [0.25, 0.3) is 0 Å². The Morgan fingerprint density at radius 1 is 1.09 bits per heavy atom. The molecule has 0 fully saturated rings. The maximum Gasteiger partial charge on any atom is 0.408 e. The topological polar surface area (TPSA) is 70.7 Å². The number of aryl methyl sites for hydroxylation is 1. The van der Waals surface area contributed by atoms with Gasteiger partial charge in [-0.3, -0.25) is 9.69 Å². The maximum atomic E-state index is 13.7. The fourth-order valence-corrected chi connectivity index (χ4v) is 5.07. The Bertz CT molecular complexity index is 1100. The SMILES string of the molecule is Cc1ccc2c(c1)C(C(=O)N[C@H]1Cc3ccccc3[C@@H]1NC(=O)OC(C)(C)C)N(CC(F)F)CC2. The zero-order chi connectivity index (χ0) is 25.3. The summed E-state index contributed by atoms with van der Waals surface area (Å²) in [6.45, 7) is 7.19. The number of fused-ring (bicyclic) bond motifs is 2. The molecule has 2 aromatic carbocycles. The summed E-state index contributed by atoms with van der Waals surface area (Å²) in [5.41, 5.74) is 4.00. The van der Waals surface area contributed by atoms with Crippen molar-refractivity contribution in [3.05, 3.63) is 70.3 Å². The predicted molar refractivity (Wildman–Crippen MR) is 129 cm³/mol. The van der Waals surface area contributed by atoms with Gasteiger partial charge in [0.05, 0.1) is 18.6 Å². The van der Waals surface area contributed by atoms with Crippen LogP contribution in [0.15, 0.2) is 42.5 Å². The second-order valence-electron chi connectivity index (χ2n) is 10.4. The molecule has 1 heterocycles. The van der Waals surface area contributed by atoms with Crippen LogP contribution < -0.4 is 10.6 Å². The number of ether oxygens (including phenoxy) is 1. The number of benzene rings is 2. The van der Waals surface area contributed by atoms with Crippen molar-refractivity contribution in [3.8, 4) is 0 Å². The highest BCUT2D eigenvalue weighted by Gasteiger charge is 2.40. The van der Waals surface area contributed by atoms with Crippen LogP contribution in [-0.4, -0.2) is 48.1 Å². The van der Waals surface area contributed by atoms with Gasteiger partial charge in [-0.1, -0.05) is 48.0 Å². The summed E-state index contributed by atoms with van der Waals surface area (Å²) < 4.78 is 32.3. The monoisotopic (exact) mass is 485 g/mol. The Morgan fingerprint density at radius 3 is 2.54 bits per heavy atom. The van der Waals surface area contributed by atoms with E-state index in [1.54, 1.807) is 25.7 Å². The number of carbonyl (C=O) groups excluding carboxylic acids is 2. The van der Waals surface area contributed by atoms with Gasteiger partial charge in [0.25, 0.3) is 6.43 Å². The first-order valence-electron chi connectivity index (χ1n) is 12.0. The van der Waals surface area contributed by atoms with Crippen LogP contribution in [0.3, 0.4) is 0 Å². The molecule has 2 aliphatic rings. The van der Waals surface area contributed by atoms with E-state index in [-0.39, 0.29) is 5.91 Å². The molecule has 0 saturated heterocycles. The Hall–Kier alpha value is -3.00. The highest BCUT2D eigenvalue weighted by molar-refractivity contribution is 5.84. The molecule has 0 radical (unpaired) electrons. The molecule has 1 aliphatic carbocycles. The molecule has 0 saturated carbocycles. The third-order valence-corrected chi connectivity index (χ3v) is 6.48. The van der Waals surface area contributed by atoms with E-state index < -0.39 is 42.8 Å². The first-order chi connectivity index (χ1) is 16.5. The molecular weight excluding hydrogens is 452 g/mol. The van der Waals surface area contributed by atoms with E-state index in [0.29, 0.717) is 19.4 Å². The molecule has 0 bridgehead atoms. The molecule has 188 valence electrons. The van der Waals surface area contributed by atoms with Gasteiger partial charge >= 0.3 is 6.09 Å². The number of halogens is 2. The number of rotatable bonds is 5. The standard InChI is InChI=1S/C27H33F2N3O3/c1-16-9-10-17-11-12-32(15-22(28)29)24(20(17)13-16)25(33)30-21-14-18-7-5-6-8-19(18)23(21)31-26(34)35-27(2,3)4/h5-10,13,21-24H,11-12,14-15H2,1-4H3,(H,30,33)(H,31,34)/t21-,23-,24?/m0/s1. The minimum atomic E-state index is -2.55. The number of alkyl halides is 2. The normalized spacial score (nSPS) is 21.9. The zero-order valence-corrected chi connectivity index (χ0v) is 20.6. The first-order valence-corrected chi connectivity index (χ1v) is 12.0. The van der Waals surface area contributed by atoms with Gasteiger partial charge in [-0.2, -0.15) is 0 Å². The molecule has 6 nitrogen and oxygen atoms in total. The van der Waals surface area contributed by atoms with Crippen LogP contribution in [0.4, 0.5) is 13.6 Å². The highest BCUT2D eigenvalue weighted by atomic mass is 19.3. The Balaban J connectivity index is 1.60. The quantitative estimate of drug-likeness (QED) is 0.656.